The molecule has 0 spiro atoms. The molecule has 0 radical (unpaired) electrons. The van der Waals surface area contributed by atoms with Gasteiger partial charge in [0.2, 0.25) is 20.0 Å². The van der Waals surface area contributed by atoms with Gasteiger partial charge in [0, 0.05) is 40.0 Å². The maximum Gasteiger partial charge on any atom is 0.241 e. The first kappa shape index (κ1) is 40.5. The zero-order chi connectivity index (χ0) is 37.7. The van der Waals surface area contributed by atoms with Gasteiger partial charge in [0.15, 0.2) is 29.8 Å². The van der Waals surface area contributed by atoms with Crippen LogP contribution in [0.5, 0.6) is 0 Å². The Bertz CT molecular complexity index is 2130. The molecule has 0 saturated carbocycles. The molecule has 4 rings (SSSR count). The lowest BCUT2D eigenvalue weighted by Gasteiger charge is -2.23. The maximum absolute atomic E-state index is 12.6. The van der Waals surface area contributed by atoms with Gasteiger partial charge in [-0.2, -0.15) is 9.98 Å². The fraction of sp³-hybridized carbons (Fsp3) is 0.333. The summed E-state index contributed by atoms with van der Waals surface area (Å²) in [6, 6.07) is 7.44. The molecule has 12 N–H and O–H groups in total. The van der Waals surface area contributed by atoms with Crippen molar-refractivity contribution < 1.29 is 27.0 Å². The van der Waals surface area contributed by atoms with Crippen LogP contribution in [0.2, 0.25) is 10.0 Å². The molecule has 272 valence electrons. The number of aliphatic hydroxyl groups excluding tert-OH is 1. The number of guanidine groups is 2. The number of nitrogens with one attached hydrogen (secondary N) is 2. The number of benzene rings is 2. The van der Waals surface area contributed by atoms with Crippen molar-refractivity contribution in [2.75, 3.05) is 0 Å². The summed E-state index contributed by atoms with van der Waals surface area (Å²) < 4.78 is 55.3. The van der Waals surface area contributed by atoms with E-state index in [4.69, 9.17) is 46.1 Å². The lowest BCUT2D eigenvalue weighted by Crippen LogP contribution is -2.46. The van der Waals surface area contributed by atoms with Gasteiger partial charge in [-0.3, -0.25) is 0 Å². The average Bonchev–Trinajstić information content (AvgIpc) is 3.01. The molecular formula is C30H40Cl2N10O6S2. The second-order valence-electron chi connectivity index (χ2n) is 11.8. The number of hydrogen-bond donors (Lipinski definition) is 8. The first-order valence-electron chi connectivity index (χ1n) is 14.9. The number of nitrogens with zero attached hydrogens (tertiary/aromatic N) is 4. The van der Waals surface area contributed by atoms with Crippen molar-refractivity contribution in [2.45, 2.75) is 62.8 Å². The smallest absolute Gasteiger partial charge is 0.241 e. The molecule has 0 saturated heterocycles. The van der Waals surface area contributed by atoms with Crippen LogP contribution in [0.3, 0.4) is 0 Å². The van der Waals surface area contributed by atoms with Crippen molar-refractivity contribution in [1.29, 1.82) is 0 Å². The Kier molecular flexibility index (Phi) is 13.3. The Morgan fingerprint density at radius 1 is 0.680 bits per heavy atom. The Morgan fingerprint density at radius 2 is 1.08 bits per heavy atom. The molecule has 16 nitrogen and oxygen atoms in total. The molecule has 0 fully saturated rings. The molecule has 0 bridgehead atoms. The van der Waals surface area contributed by atoms with Gasteiger partial charge in [-0.15, -0.1) is 0 Å². The lowest BCUT2D eigenvalue weighted by molar-refractivity contribution is -0.0718. The van der Waals surface area contributed by atoms with Crippen molar-refractivity contribution >= 4 is 88.3 Å². The number of fused-ring (bicyclic) bond motifs is 2. The fourth-order valence-corrected chi connectivity index (χ4v) is 7.59. The first-order chi connectivity index (χ1) is 23.1. The SMILES string of the molecule is CC(C)[C@@H](C)NS(=O)(=O)c1ccc2c(Cl)cnc(N=C(N)N)c2c1.CC(C)[C@H](NS(=O)(=O)c1ccc2c(Cl)cnc(N=C(N)N)c2c1)C(O)O. The molecule has 2 atom stereocenters. The molecule has 2 heterocycles. The highest BCUT2D eigenvalue weighted by atomic mass is 35.5. The normalized spacial score (nSPS) is 13.3. The third-order valence-corrected chi connectivity index (χ3v) is 11.0. The molecule has 0 aliphatic heterocycles. The average molecular weight is 772 g/mol. The molecule has 0 unspecified atom stereocenters. The third kappa shape index (κ3) is 10.1. The van der Waals surface area contributed by atoms with E-state index in [1.807, 2.05) is 20.8 Å². The van der Waals surface area contributed by atoms with E-state index >= 15 is 0 Å². The van der Waals surface area contributed by atoms with E-state index in [1.165, 1.54) is 42.7 Å². The van der Waals surface area contributed by atoms with Gasteiger partial charge in [-0.1, -0.05) is 63.0 Å². The summed E-state index contributed by atoms with van der Waals surface area (Å²) in [4.78, 5) is 15.9. The predicted octanol–water partition coefficient (Wildman–Crippen LogP) is 2.52. The molecule has 0 aliphatic rings. The number of pyridine rings is 2. The highest BCUT2D eigenvalue weighted by Crippen LogP contribution is 2.33. The monoisotopic (exact) mass is 770 g/mol. The Morgan fingerprint density at radius 3 is 1.42 bits per heavy atom. The largest absolute Gasteiger partial charge is 0.370 e. The van der Waals surface area contributed by atoms with E-state index in [1.54, 1.807) is 19.9 Å². The molecule has 0 amide bonds. The van der Waals surface area contributed by atoms with E-state index in [0.29, 0.717) is 31.6 Å². The van der Waals surface area contributed by atoms with Gasteiger partial charge in [0.05, 0.1) is 25.9 Å². The highest BCUT2D eigenvalue weighted by Gasteiger charge is 2.28. The number of hydrogen-bond acceptors (Lipinski definition) is 10. The van der Waals surface area contributed by atoms with Gasteiger partial charge < -0.3 is 33.1 Å². The Balaban J connectivity index is 0.000000271. The summed E-state index contributed by atoms with van der Waals surface area (Å²) in [6.45, 7) is 9.01. The number of rotatable bonds is 11. The van der Waals surface area contributed by atoms with Crippen molar-refractivity contribution in [1.82, 2.24) is 19.4 Å². The molecule has 20 heteroatoms. The molecular weight excluding hydrogens is 731 g/mol. The van der Waals surface area contributed by atoms with Gasteiger partial charge in [0.25, 0.3) is 0 Å². The van der Waals surface area contributed by atoms with Gasteiger partial charge >= 0.3 is 0 Å². The van der Waals surface area contributed by atoms with Crippen molar-refractivity contribution in [2.24, 2.45) is 44.8 Å². The lowest BCUT2D eigenvalue weighted by atomic mass is 10.1. The summed E-state index contributed by atoms with van der Waals surface area (Å²) in [5.74, 6) is -0.277. The number of aromatic nitrogens is 2. The highest BCUT2D eigenvalue weighted by molar-refractivity contribution is 7.89. The van der Waals surface area contributed by atoms with Crippen LogP contribution < -0.4 is 32.4 Å². The number of sulfonamides is 2. The minimum Gasteiger partial charge on any atom is -0.370 e. The van der Waals surface area contributed by atoms with E-state index in [0.717, 1.165) is 0 Å². The number of aliphatic imine (C=N–C) groups is 2. The Hall–Kier alpha value is -3.88. The standard InChI is InChI=1S/C15H20ClN5O4S.C15H20ClN5O2S/c1-7(2)12(14(22)23)21-26(24,25)8-3-4-9-10(5-8)13(20-15(17)18)19-6-11(9)16;1-8(2)9(3)21-24(22,23)10-4-5-11-12(6-10)14(20-15(17)18)19-7-13(11)16/h3-7,12,14,21-23H,1-2H3,(H4,17,18,19,20);4-9,21H,1-3H3,(H4,17,18,19,20)/t12-;9-/m01/s1. The summed E-state index contributed by atoms with van der Waals surface area (Å²) in [5.41, 5.74) is 21.6. The summed E-state index contributed by atoms with van der Waals surface area (Å²) in [6.07, 6.45) is 0.923. The summed E-state index contributed by atoms with van der Waals surface area (Å²) >= 11 is 12.2. The van der Waals surface area contributed by atoms with E-state index < -0.39 is 32.4 Å². The van der Waals surface area contributed by atoms with Crippen LogP contribution in [0.4, 0.5) is 11.6 Å². The molecule has 4 aromatic rings. The van der Waals surface area contributed by atoms with Crippen LogP contribution in [-0.4, -0.2) is 67.3 Å². The second kappa shape index (κ2) is 16.4. The van der Waals surface area contributed by atoms with E-state index in [2.05, 4.69) is 29.4 Å². The summed E-state index contributed by atoms with van der Waals surface area (Å²) in [5, 5.41) is 21.4. The predicted molar refractivity (Wildman–Crippen MR) is 196 cm³/mol. The van der Waals surface area contributed by atoms with Crippen LogP contribution in [0.25, 0.3) is 21.5 Å². The summed E-state index contributed by atoms with van der Waals surface area (Å²) in [7, 11) is -7.74. The first-order valence-corrected chi connectivity index (χ1v) is 18.6. The van der Waals surface area contributed by atoms with Gasteiger partial charge in [-0.25, -0.2) is 36.2 Å². The maximum atomic E-state index is 12.6. The van der Waals surface area contributed by atoms with Crippen LogP contribution in [0, 0.1) is 11.8 Å². The van der Waals surface area contributed by atoms with Crippen LogP contribution in [0.1, 0.15) is 34.6 Å². The van der Waals surface area contributed by atoms with Crippen molar-refractivity contribution in [3.8, 4) is 0 Å². The van der Waals surface area contributed by atoms with Crippen molar-refractivity contribution in [3.63, 3.8) is 0 Å². The van der Waals surface area contributed by atoms with Crippen LogP contribution in [-0.2, 0) is 20.0 Å². The molecule has 50 heavy (non-hydrogen) atoms. The quantitative estimate of drug-likeness (QED) is 0.0620. The zero-order valence-corrected chi connectivity index (χ0v) is 30.8. The van der Waals surface area contributed by atoms with Crippen molar-refractivity contribution in [3.05, 3.63) is 58.8 Å². The number of nitrogens with two attached hydrogens (primary N) is 4. The second-order valence-corrected chi connectivity index (χ2v) is 16.0. The molecule has 2 aromatic carbocycles. The minimum atomic E-state index is -4.05. The minimum absolute atomic E-state index is 0.0959. The number of aliphatic hydroxyl groups is 2. The zero-order valence-electron chi connectivity index (χ0n) is 27.7. The van der Waals surface area contributed by atoms with E-state index in [-0.39, 0.29) is 51.2 Å². The third-order valence-electron chi connectivity index (χ3n) is 7.34. The molecule has 2 aromatic heterocycles. The molecule has 0 aliphatic carbocycles. The van der Waals surface area contributed by atoms with Gasteiger partial charge in [-0.05, 0) is 43.0 Å². The Labute approximate surface area is 300 Å². The van der Waals surface area contributed by atoms with Crippen LogP contribution in [0.15, 0.2) is 68.6 Å². The van der Waals surface area contributed by atoms with Crippen LogP contribution >= 0.6 is 23.2 Å². The fourth-order valence-electron chi connectivity index (χ4n) is 4.34. The topological polar surface area (TPSA) is 287 Å². The number of halogens is 2. The van der Waals surface area contributed by atoms with Gasteiger partial charge in [0.1, 0.15) is 0 Å². The van der Waals surface area contributed by atoms with E-state index in [9.17, 15) is 27.0 Å².